The normalized spacial score (nSPS) is 7.25. The summed E-state index contributed by atoms with van der Waals surface area (Å²) in [7, 11) is 1.65. The van der Waals surface area contributed by atoms with Crippen molar-refractivity contribution in [2.24, 2.45) is 0 Å². The molecule has 0 aromatic heterocycles. The molecule has 0 rings (SSSR count). The van der Waals surface area contributed by atoms with Crippen LogP contribution in [0.1, 0.15) is 6.92 Å². The summed E-state index contributed by atoms with van der Waals surface area (Å²) in [5.41, 5.74) is 0. The molecular weight excluding hydrogens is 181 g/mol. The quantitative estimate of drug-likeness (QED) is 0.658. The maximum Gasteiger partial charge on any atom is 0.215 e. The minimum Gasteiger partial charge on any atom is -0.648 e. The Labute approximate surface area is 74.5 Å². The summed E-state index contributed by atoms with van der Waals surface area (Å²) >= 11 is 0. The van der Waals surface area contributed by atoms with Gasteiger partial charge in [0, 0.05) is 39.6 Å². The first kappa shape index (κ1) is 11.3. The van der Waals surface area contributed by atoms with Crippen LogP contribution in [0.15, 0.2) is 0 Å². The number of carbonyl (C=O) groups is 1. The molecule has 4 heteroatoms. The zero-order chi connectivity index (χ0) is 5.70. The Kier molecular flexibility index (Phi) is 10.7. The van der Waals surface area contributed by atoms with Crippen LogP contribution in [-0.2, 0) is 37.5 Å². The average molecular weight is 190 g/mol. The fraction of sp³-hybridized carbons (Fsp3) is 0.750. The number of carbonyl (C=O) groups excluding carboxylic acids is 1. The van der Waals surface area contributed by atoms with E-state index in [1.165, 1.54) is 6.92 Å². The maximum absolute atomic E-state index is 10.0. The summed E-state index contributed by atoms with van der Waals surface area (Å²) in [6.07, 6.45) is 0. The molecule has 0 aliphatic carbocycles. The van der Waals surface area contributed by atoms with Crippen LogP contribution in [0.2, 0.25) is 0 Å². The third-order valence-corrected chi connectivity index (χ3v) is 0.486. The molecule has 1 amide bonds. The summed E-state index contributed by atoms with van der Waals surface area (Å²) < 4.78 is 0. The van der Waals surface area contributed by atoms with Crippen LogP contribution >= 0.6 is 0 Å². The molecular formula is C4H9N2OY-. The predicted octanol–water partition coefficient (Wildman–Crippen LogP) is 0.0810. The monoisotopic (exact) mass is 190 g/mol. The van der Waals surface area contributed by atoms with Gasteiger partial charge in [0.05, 0.1) is 0 Å². The molecule has 8 heavy (non-hydrogen) atoms. The van der Waals surface area contributed by atoms with Crippen molar-refractivity contribution in [3.63, 3.8) is 0 Å². The molecule has 1 radical (unpaired) electrons. The third kappa shape index (κ3) is 9.73. The fourth-order valence-electron chi connectivity index (χ4n) is 0.190. The van der Waals surface area contributed by atoms with Gasteiger partial charge in [0.15, 0.2) is 0 Å². The van der Waals surface area contributed by atoms with Crippen LogP contribution in [0, 0.1) is 0 Å². The van der Waals surface area contributed by atoms with E-state index in [0.717, 1.165) is 0 Å². The van der Waals surface area contributed by atoms with E-state index in [9.17, 15) is 4.79 Å². The number of rotatable bonds is 2. The van der Waals surface area contributed by atoms with Gasteiger partial charge in [-0.3, -0.25) is 4.79 Å². The second kappa shape index (κ2) is 7.53. The van der Waals surface area contributed by atoms with E-state index in [-0.39, 0.29) is 38.6 Å². The molecule has 0 aliphatic heterocycles. The summed E-state index contributed by atoms with van der Waals surface area (Å²) in [6.45, 7) is 1.89. The van der Waals surface area contributed by atoms with Gasteiger partial charge in [-0.05, 0) is 0 Å². The molecule has 0 bridgehead atoms. The summed E-state index contributed by atoms with van der Waals surface area (Å²) in [5, 5.41) is 6.13. The van der Waals surface area contributed by atoms with Crippen LogP contribution < -0.4 is 5.32 Å². The van der Waals surface area contributed by atoms with E-state index in [2.05, 4.69) is 10.6 Å². The van der Waals surface area contributed by atoms with E-state index in [0.29, 0.717) is 6.67 Å². The van der Waals surface area contributed by atoms with Crippen LogP contribution in [0.4, 0.5) is 0 Å². The largest absolute Gasteiger partial charge is 0.648 e. The van der Waals surface area contributed by atoms with Crippen molar-refractivity contribution in [2.45, 2.75) is 6.92 Å². The van der Waals surface area contributed by atoms with Crippen LogP contribution in [0.5, 0.6) is 0 Å². The zero-order valence-corrected chi connectivity index (χ0v) is 7.98. The topological polar surface area (TPSA) is 43.2 Å². The fourth-order valence-corrected chi connectivity index (χ4v) is 0.190. The minimum absolute atomic E-state index is 0. The van der Waals surface area contributed by atoms with Crippen LogP contribution in [0.25, 0.3) is 5.32 Å². The van der Waals surface area contributed by atoms with E-state index >= 15 is 0 Å². The predicted molar refractivity (Wildman–Crippen MR) is 28.0 cm³/mol. The van der Waals surface area contributed by atoms with E-state index < -0.39 is 0 Å². The van der Waals surface area contributed by atoms with Gasteiger partial charge < -0.3 is 10.6 Å². The summed E-state index contributed by atoms with van der Waals surface area (Å²) in [4.78, 5) is 10.0. The van der Waals surface area contributed by atoms with Crippen LogP contribution in [0.3, 0.4) is 0 Å². The molecule has 0 atom stereocenters. The average Bonchev–Trinajstić information content (AvgIpc) is 1.61. The number of nitrogens with zero attached hydrogens (tertiary/aromatic N) is 1. The first-order chi connectivity index (χ1) is 3.27. The molecule has 0 unspecified atom stereocenters. The van der Waals surface area contributed by atoms with Gasteiger partial charge in [0.1, 0.15) is 0 Å². The molecule has 0 aromatic carbocycles. The van der Waals surface area contributed by atoms with Crippen molar-refractivity contribution in [1.29, 1.82) is 0 Å². The van der Waals surface area contributed by atoms with Crippen molar-refractivity contribution in [2.75, 3.05) is 13.7 Å². The number of hydrogen-bond acceptors (Lipinski definition) is 1. The summed E-state index contributed by atoms with van der Waals surface area (Å²) in [6, 6.07) is 0. The molecule has 0 aliphatic rings. The Morgan fingerprint density at radius 3 is 2.38 bits per heavy atom. The zero-order valence-electron chi connectivity index (χ0n) is 5.14. The number of nitrogens with one attached hydrogen (secondary N) is 1. The standard InChI is InChI=1S/C4H9N2O.Y/c1-4(7)6-3-5-2;/h3H2,1-2H3,(H,6,7);/q-1;. The van der Waals surface area contributed by atoms with E-state index in [4.69, 9.17) is 0 Å². The molecule has 1 N–H and O–H groups in total. The van der Waals surface area contributed by atoms with Crippen molar-refractivity contribution < 1.29 is 37.5 Å². The van der Waals surface area contributed by atoms with Gasteiger partial charge >= 0.3 is 0 Å². The third-order valence-electron chi connectivity index (χ3n) is 0.486. The molecule has 0 fully saturated rings. The Bertz CT molecular complexity index is 67.1. The Morgan fingerprint density at radius 2 is 2.25 bits per heavy atom. The van der Waals surface area contributed by atoms with Gasteiger partial charge in [0.25, 0.3) is 0 Å². The molecule has 3 nitrogen and oxygen atoms in total. The second-order valence-electron chi connectivity index (χ2n) is 1.21. The first-order valence-corrected chi connectivity index (χ1v) is 2.07. The van der Waals surface area contributed by atoms with Gasteiger partial charge in [-0.15, -0.1) is 0 Å². The molecule has 0 saturated carbocycles. The minimum atomic E-state index is -0.0365. The van der Waals surface area contributed by atoms with Gasteiger partial charge in [-0.2, -0.15) is 7.05 Å². The van der Waals surface area contributed by atoms with Gasteiger partial charge in [0.2, 0.25) is 5.91 Å². The van der Waals surface area contributed by atoms with Crippen LogP contribution in [-0.4, -0.2) is 19.6 Å². The van der Waals surface area contributed by atoms with E-state index in [1.54, 1.807) is 7.05 Å². The molecule has 0 saturated heterocycles. The Balaban J connectivity index is 0. The number of hydrogen-bond donors (Lipinski definition) is 1. The summed E-state index contributed by atoms with van der Waals surface area (Å²) in [5.74, 6) is -0.0365. The van der Waals surface area contributed by atoms with Crippen molar-refractivity contribution in [3.05, 3.63) is 5.32 Å². The molecule has 0 spiro atoms. The van der Waals surface area contributed by atoms with Crippen molar-refractivity contribution in [3.8, 4) is 0 Å². The van der Waals surface area contributed by atoms with Gasteiger partial charge in [-0.25, -0.2) is 0 Å². The SMILES string of the molecule is C[N-]CNC(C)=O.[Y]. The van der Waals surface area contributed by atoms with Crippen molar-refractivity contribution in [1.82, 2.24) is 5.32 Å². The smallest absolute Gasteiger partial charge is 0.215 e. The first-order valence-electron chi connectivity index (χ1n) is 2.07. The Morgan fingerprint density at radius 1 is 1.75 bits per heavy atom. The number of amides is 1. The maximum atomic E-state index is 10.0. The Hall–Kier alpha value is 0.534. The molecule has 0 aromatic rings. The molecule has 45 valence electrons. The van der Waals surface area contributed by atoms with E-state index in [1.807, 2.05) is 0 Å². The van der Waals surface area contributed by atoms with Gasteiger partial charge in [-0.1, -0.05) is 6.67 Å². The second-order valence-corrected chi connectivity index (χ2v) is 1.21. The molecule has 0 heterocycles. The van der Waals surface area contributed by atoms with Crippen molar-refractivity contribution >= 4 is 5.91 Å².